The summed E-state index contributed by atoms with van der Waals surface area (Å²) in [6, 6.07) is 3.37. The molecule has 0 aliphatic carbocycles. The Morgan fingerprint density at radius 1 is 1.18 bits per heavy atom. The maximum atomic E-state index is 12.4. The number of unbranched alkanes of at least 4 members (excludes halogenated alkanes) is 3. The Kier molecular flexibility index (Phi) is 6.40. The Balaban J connectivity index is 1.82. The smallest absolute Gasteiger partial charge is 0.252 e. The fourth-order valence-electron chi connectivity index (χ4n) is 2.58. The third kappa shape index (κ3) is 4.30. The van der Waals surface area contributed by atoms with Gasteiger partial charge in [0.05, 0.1) is 0 Å². The van der Waals surface area contributed by atoms with E-state index < -0.39 is 10.0 Å². The van der Waals surface area contributed by atoms with Crippen LogP contribution in [0.15, 0.2) is 21.7 Å². The van der Waals surface area contributed by atoms with Crippen LogP contribution in [0, 0.1) is 0 Å². The maximum absolute atomic E-state index is 12.4. The summed E-state index contributed by atoms with van der Waals surface area (Å²) in [5.74, 6) is 0.157. The molecule has 2 rings (SSSR count). The van der Waals surface area contributed by atoms with E-state index in [4.69, 9.17) is 0 Å². The van der Waals surface area contributed by atoms with Crippen molar-refractivity contribution in [3.63, 3.8) is 0 Å². The van der Waals surface area contributed by atoms with Crippen LogP contribution < -0.4 is 0 Å². The molecule has 1 aromatic rings. The molecule has 1 fully saturated rings. The van der Waals surface area contributed by atoms with Gasteiger partial charge in [-0.2, -0.15) is 4.31 Å². The lowest BCUT2D eigenvalue weighted by molar-refractivity contribution is -0.132. The molecule has 1 aliphatic rings. The second-order valence-electron chi connectivity index (χ2n) is 5.53. The van der Waals surface area contributed by atoms with E-state index in [9.17, 15) is 13.2 Å². The van der Waals surface area contributed by atoms with E-state index in [1.54, 1.807) is 22.4 Å². The third-order valence-corrected chi connectivity index (χ3v) is 7.20. The molecule has 5 nitrogen and oxygen atoms in total. The Morgan fingerprint density at radius 3 is 2.50 bits per heavy atom. The number of rotatable bonds is 7. The van der Waals surface area contributed by atoms with Gasteiger partial charge in [0.1, 0.15) is 4.21 Å². The lowest BCUT2D eigenvalue weighted by atomic mass is 10.1. The molecule has 0 saturated carbocycles. The fraction of sp³-hybridized carbons (Fsp3) is 0.667. The molecule has 0 bridgehead atoms. The lowest BCUT2D eigenvalue weighted by Gasteiger charge is -2.33. The molecule has 1 saturated heterocycles. The van der Waals surface area contributed by atoms with E-state index in [1.165, 1.54) is 22.1 Å². The van der Waals surface area contributed by atoms with Crippen molar-refractivity contribution >= 4 is 27.3 Å². The normalized spacial score (nSPS) is 16.9. The zero-order valence-electron chi connectivity index (χ0n) is 13.0. The fourth-order valence-corrected chi connectivity index (χ4v) is 5.14. The van der Waals surface area contributed by atoms with Gasteiger partial charge < -0.3 is 4.90 Å². The summed E-state index contributed by atoms with van der Waals surface area (Å²) in [6.45, 7) is 3.92. The molecule has 0 unspecified atom stereocenters. The molecule has 1 amide bonds. The van der Waals surface area contributed by atoms with Crippen LogP contribution >= 0.6 is 11.3 Å². The number of sulfonamides is 1. The first-order valence-electron chi connectivity index (χ1n) is 7.87. The third-order valence-electron chi connectivity index (χ3n) is 3.92. The van der Waals surface area contributed by atoms with Gasteiger partial charge in [-0.25, -0.2) is 8.42 Å². The molecular formula is C15H24N2O3S2. The highest BCUT2D eigenvalue weighted by molar-refractivity contribution is 7.91. The van der Waals surface area contributed by atoms with Crippen LogP contribution in [0.3, 0.4) is 0 Å². The van der Waals surface area contributed by atoms with E-state index in [0.717, 1.165) is 19.3 Å². The van der Waals surface area contributed by atoms with Crippen molar-refractivity contribution in [3.8, 4) is 0 Å². The lowest BCUT2D eigenvalue weighted by Crippen LogP contribution is -2.50. The number of piperazine rings is 1. The van der Waals surface area contributed by atoms with Gasteiger partial charge in [0, 0.05) is 32.6 Å². The molecule has 1 aromatic heterocycles. The van der Waals surface area contributed by atoms with E-state index in [-0.39, 0.29) is 5.91 Å². The number of nitrogens with zero attached hydrogens (tertiary/aromatic N) is 2. The summed E-state index contributed by atoms with van der Waals surface area (Å²) in [5, 5.41) is 1.77. The van der Waals surface area contributed by atoms with Crippen molar-refractivity contribution in [2.45, 2.75) is 43.2 Å². The van der Waals surface area contributed by atoms with E-state index >= 15 is 0 Å². The second-order valence-corrected chi connectivity index (χ2v) is 8.64. The first-order chi connectivity index (χ1) is 10.6. The predicted octanol–water partition coefficient (Wildman–Crippen LogP) is 2.55. The zero-order chi connectivity index (χ0) is 16.0. The van der Waals surface area contributed by atoms with Crippen LogP contribution in [-0.4, -0.2) is 49.7 Å². The summed E-state index contributed by atoms with van der Waals surface area (Å²) >= 11 is 1.24. The van der Waals surface area contributed by atoms with Crippen LogP contribution in [0.4, 0.5) is 0 Å². The molecule has 124 valence electrons. The summed E-state index contributed by atoms with van der Waals surface area (Å²) in [4.78, 5) is 13.9. The number of carbonyl (C=O) groups is 1. The van der Waals surface area contributed by atoms with Crippen molar-refractivity contribution in [3.05, 3.63) is 17.5 Å². The highest BCUT2D eigenvalue weighted by Crippen LogP contribution is 2.22. The van der Waals surface area contributed by atoms with E-state index in [2.05, 4.69) is 6.92 Å². The van der Waals surface area contributed by atoms with Gasteiger partial charge in [-0.1, -0.05) is 32.3 Å². The van der Waals surface area contributed by atoms with Gasteiger partial charge in [-0.15, -0.1) is 11.3 Å². The highest BCUT2D eigenvalue weighted by Gasteiger charge is 2.30. The van der Waals surface area contributed by atoms with Gasteiger partial charge in [-0.3, -0.25) is 4.79 Å². The summed E-state index contributed by atoms with van der Waals surface area (Å²) in [5.41, 5.74) is 0. The Labute approximate surface area is 137 Å². The van der Waals surface area contributed by atoms with E-state index in [0.29, 0.717) is 36.8 Å². The summed E-state index contributed by atoms with van der Waals surface area (Å²) < 4.78 is 26.7. The molecule has 0 atom stereocenters. The van der Waals surface area contributed by atoms with Crippen LogP contribution in [0.5, 0.6) is 0 Å². The molecule has 22 heavy (non-hydrogen) atoms. The first-order valence-corrected chi connectivity index (χ1v) is 10.2. The van der Waals surface area contributed by atoms with Crippen molar-refractivity contribution < 1.29 is 13.2 Å². The topological polar surface area (TPSA) is 57.7 Å². The Morgan fingerprint density at radius 2 is 1.91 bits per heavy atom. The highest BCUT2D eigenvalue weighted by atomic mass is 32.2. The van der Waals surface area contributed by atoms with Gasteiger partial charge >= 0.3 is 0 Å². The Hall–Kier alpha value is -0.920. The molecule has 0 N–H and O–H groups in total. The number of amides is 1. The number of carbonyl (C=O) groups excluding carboxylic acids is 1. The molecule has 2 heterocycles. The number of thiophene rings is 1. The van der Waals surface area contributed by atoms with Crippen LogP contribution in [0.2, 0.25) is 0 Å². The van der Waals surface area contributed by atoms with Crippen LogP contribution in [0.25, 0.3) is 0 Å². The molecule has 0 aromatic carbocycles. The van der Waals surface area contributed by atoms with Crippen LogP contribution in [0.1, 0.15) is 39.0 Å². The average Bonchev–Trinajstić information content (AvgIpc) is 3.07. The monoisotopic (exact) mass is 344 g/mol. The average molecular weight is 345 g/mol. The van der Waals surface area contributed by atoms with Gasteiger partial charge in [0.2, 0.25) is 5.91 Å². The van der Waals surface area contributed by atoms with Crippen LogP contribution in [-0.2, 0) is 14.8 Å². The first kappa shape index (κ1) is 17.4. The van der Waals surface area contributed by atoms with Gasteiger partial charge in [0.15, 0.2) is 0 Å². The minimum absolute atomic E-state index is 0.157. The maximum Gasteiger partial charge on any atom is 0.252 e. The number of hydrogen-bond acceptors (Lipinski definition) is 4. The van der Waals surface area contributed by atoms with Crippen molar-refractivity contribution in [2.24, 2.45) is 0 Å². The molecule has 0 spiro atoms. The minimum Gasteiger partial charge on any atom is -0.340 e. The molecule has 1 aliphatic heterocycles. The number of hydrogen-bond donors (Lipinski definition) is 0. The summed E-state index contributed by atoms with van der Waals surface area (Å²) in [7, 11) is -3.38. The Bertz CT molecular complexity index is 562. The van der Waals surface area contributed by atoms with Crippen molar-refractivity contribution in [1.29, 1.82) is 0 Å². The van der Waals surface area contributed by atoms with Crippen molar-refractivity contribution in [1.82, 2.24) is 9.21 Å². The van der Waals surface area contributed by atoms with Gasteiger partial charge in [0.25, 0.3) is 10.0 Å². The quantitative estimate of drug-likeness (QED) is 0.714. The molecule has 7 heteroatoms. The molecular weight excluding hydrogens is 320 g/mol. The molecule has 0 radical (unpaired) electrons. The second kappa shape index (κ2) is 8.08. The standard InChI is InChI=1S/C15H24N2O3S2/c1-2-3-4-5-7-14(18)16-9-11-17(12-10-16)22(19,20)15-8-6-13-21-15/h6,8,13H,2-5,7,9-12H2,1H3. The zero-order valence-corrected chi connectivity index (χ0v) is 14.7. The van der Waals surface area contributed by atoms with Crippen molar-refractivity contribution in [2.75, 3.05) is 26.2 Å². The minimum atomic E-state index is -3.38. The summed E-state index contributed by atoms with van der Waals surface area (Å²) in [6.07, 6.45) is 4.93. The predicted molar refractivity (Wildman–Crippen MR) is 88.4 cm³/mol. The van der Waals surface area contributed by atoms with Gasteiger partial charge in [-0.05, 0) is 17.9 Å². The largest absolute Gasteiger partial charge is 0.340 e. The van der Waals surface area contributed by atoms with E-state index in [1.807, 2.05) is 0 Å². The SMILES string of the molecule is CCCCCCC(=O)N1CCN(S(=O)(=O)c2cccs2)CC1.